The maximum absolute atomic E-state index is 12.8. The van der Waals surface area contributed by atoms with Crippen molar-refractivity contribution in [2.75, 3.05) is 0 Å². The zero-order valence-corrected chi connectivity index (χ0v) is 17.4. The molecule has 4 nitrogen and oxygen atoms in total. The average molecular weight is 377 g/mol. The van der Waals surface area contributed by atoms with E-state index in [0.717, 1.165) is 22.3 Å². The molecule has 0 saturated carbocycles. The largest absolute Gasteiger partial charge is 0.457 e. The van der Waals surface area contributed by atoms with Crippen molar-refractivity contribution in [3.8, 4) is 11.3 Å². The zero-order valence-electron chi connectivity index (χ0n) is 17.4. The van der Waals surface area contributed by atoms with Gasteiger partial charge in [0.1, 0.15) is 23.6 Å². The molecular formula is C24H27NO3. The van der Waals surface area contributed by atoms with E-state index in [0.29, 0.717) is 17.0 Å². The lowest BCUT2D eigenvalue weighted by Crippen LogP contribution is -2.13. The molecular weight excluding hydrogens is 350 g/mol. The van der Waals surface area contributed by atoms with Gasteiger partial charge in [-0.25, -0.2) is 4.79 Å². The molecule has 4 heteroatoms. The van der Waals surface area contributed by atoms with Gasteiger partial charge in [0.25, 0.3) is 0 Å². The van der Waals surface area contributed by atoms with E-state index in [2.05, 4.69) is 51.9 Å². The number of nitrogens with zero attached hydrogens (tertiary/aromatic N) is 1. The van der Waals surface area contributed by atoms with E-state index in [-0.39, 0.29) is 12.0 Å². The van der Waals surface area contributed by atoms with Crippen LogP contribution in [0.25, 0.3) is 11.3 Å². The molecule has 0 amide bonds. The molecule has 3 aromatic rings. The van der Waals surface area contributed by atoms with Gasteiger partial charge in [-0.05, 0) is 48.4 Å². The molecule has 0 bridgehead atoms. The SMILES string of the molecule is Cc1cc(C(C)(C)C)cc(C)c1COC(=O)c1c(-c2ccccc2)noc1C. The second-order valence-electron chi connectivity index (χ2n) is 8.24. The Labute approximate surface area is 166 Å². The van der Waals surface area contributed by atoms with Crippen LogP contribution in [-0.2, 0) is 16.8 Å². The second-order valence-corrected chi connectivity index (χ2v) is 8.24. The molecule has 0 radical (unpaired) electrons. The van der Waals surface area contributed by atoms with Crippen LogP contribution in [0.15, 0.2) is 47.0 Å². The van der Waals surface area contributed by atoms with Crippen molar-refractivity contribution in [2.24, 2.45) is 0 Å². The number of aromatic nitrogens is 1. The number of aryl methyl sites for hydroxylation is 3. The van der Waals surface area contributed by atoms with E-state index in [1.54, 1.807) is 6.92 Å². The fourth-order valence-electron chi connectivity index (χ4n) is 3.27. The highest BCUT2D eigenvalue weighted by Crippen LogP contribution is 2.29. The summed E-state index contributed by atoms with van der Waals surface area (Å²) in [5.41, 5.74) is 6.37. The average Bonchev–Trinajstić information content (AvgIpc) is 3.02. The van der Waals surface area contributed by atoms with Gasteiger partial charge in [0, 0.05) is 5.56 Å². The summed E-state index contributed by atoms with van der Waals surface area (Å²) in [5.74, 6) is 0.0386. The third-order valence-corrected chi connectivity index (χ3v) is 5.02. The first-order valence-corrected chi connectivity index (χ1v) is 9.48. The number of carbonyl (C=O) groups is 1. The third-order valence-electron chi connectivity index (χ3n) is 5.02. The molecule has 3 rings (SSSR count). The fourth-order valence-corrected chi connectivity index (χ4v) is 3.27. The normalized spacial score (nSPS) is 11.5. The summed E-state index contributed by atoms with van der Waals surface area (Å²) < 4.78 is 10.9. The highest BCUT2D eigenvalue weighted by molar-refractivity contribution is 5.97. The van der Waals surface area contributed by atoms with Crippen molar-refractivity contribution in [2.45, 2.75) is 53.6 Å². The summed E-state index contributed by atoms with van der Waals surface area (Å²) in [6, 6.07) is 13.9. The molecule has 0 aliphatic heterocycles. The first-order valence-electron chi connectivity index (χ1n) is 9.48. The van der Waals surface area contributed by atoms with Crippen molar-refractivity contribution >= 4 is 5.97 Å². The van der Waals surface area contributed by atoms with Crippen molar-refractivity contribution in [3.63, 3.8) is 0 Å². The summed E-state index contributed by atoms with van der Waals surface area (Å²) in [4.78, 5) is 12.8. The van der Waals surface area contributed by atoms with Crippen molar-refractivity contribution in [1.82, 2.24) is 5.16 Å². The number of rotatable bonds is 4. The van der Waals surface area contributed by atoms with Crippen LogP contribution in [0, 0.1) is 20.8 Å². The van der Waals surface area contributed by atoms with Crippen LogP contribution in [0.1, 0.15) is 59.1 Å². The maximum atomic E-state index is 12.8. The van der Waals surface area contributed by atoms with E-state index in [9.17, 15) is 4.79 Å². The number of benzene rings is 2. The Balaban J connectivity index is 1.84. The predicted octanol–water partition coefficient (Wildman–Crippen LogP) is 5.92. The lowest BCUT2D eigenvalue weighted by atomic mass is 9.84. The Morgan fingerprint density at radius 3 is 2.21 bits per heavy atom. The van der Waals surface area contributed by atoms with Gasteiger partial charge in [-0.3, -0.25) is 0 Å². The molecule has 2 aromatic carbocycles. The predicted molar refractivity (Wildman–Crippen MR) is 110 cm³/mol. The number of carbonyl (C=O) groups excluding carboxylic acids is 1. The van der Waals surface area contributed by atoms with E-state index < -0.39 is 5.97 Å². The van der Waals surface area contributed by atoms with Gasteiger partial charge in [0.2, 0.25) is 0 Å². The molecule has 1 heterocycles. The van der Waals surface area contributed by atoms with Crippen molar-refractivity contribution in [3.05, 3.63) is 76.0 Å². The summed E-state index contributed by atoms with van der Waals surface area (Å²) in [5, 5.41) is 4.06. The molecule has 1 aromatic heterocycles. The van der Waals surface area contributed by atoms with Crippen LogP contribution in [0.5, 0.6) is 0 Å². The molecule has 146 valence electrons. The van der Waals surface area contributed by atoms with E-state index in [1.165, 1.54) is 5.56 Å². The lowest BCUT2D eigenvalue weighted by Gasteiger charge is -2.22. The van der Waals surface area contributed by atoms with Crippen LogP contribution in [0.3, 0.4) is 0 Å². The molecule has 0 N–H and O–H groups in total. The number of hydrogen-bond acceptors (Lipinski definition) is 4. The van der Waals surface area contributed by atoms with Gasteiger partial charge in [-0.1, -0.05) is 68.4 Å². The summed E-state index contributed by atoms with van der Waals surface area (Å²) >= 11 is 0. The molecule has 28 heavy (non-hydrogen) atoms. The first-order chi connectivity index (χ1) is 13.2. The Hall–Kier alpha value is -2.88. The topological polar surface area (TPSA) is 52.3 Å². The van der Waals surface area contributed by atoms with Gasteiger partial charge < -0.3 is 9.26 Å². The number of esters is 1. The molecule has 0 unspecified atom stereocenters. The molecule has 0 fully saturated rings. The Bertz CT molecular complexity index is 971. The fraction of sp³-hybridized carbons (Fsp3) is 0.333. The van der Waals surface area contributed by atoms with Gasteiger partial charge in [0.05, 0.1) is 0 Å². The van der Waals surface area contributed by atoms with Gasteiger partial charge >= 0.3 is 5.97 Å². The monoisotopic (exact) mass is 377 g/mol. The minimum absolute atomic E-state index is 0.0783. The molecule has 0 saturated heterocycles. The third kappa shape index (κ3) is 4.01. The minimum Gasteiger partial charge on any atom is -0.457 e. The zero-order chi connectivity index (χ0) is 20.5. The summed E-state index contributed by atoms with van der Waals surface area (Å²) in [6.07, 6.45) is 0. The molecule has 0 spiro atoms. The smallest absolute Gasteiger partial charge is 0.344 e. The van der Waals surface area contributed by atoms with Crippen LogP contribution in [-0.4, -0.2) is 11.1 Å². The van der Waals surface area contributed by atoms with Gasteiger partial charge in [-0.15, -0.1) is 0 Å². The highest BCUT2D eigenvalue weighted by atomic mass is 16.5. The van der Waals surface area contributed by atoms with Crippen molar-refractivity contribution in [1.29, 1.82) is 0 Å². The van der Waals surface area contributed by atoms with Gasteiger partial charge in [-0.2, -0.15) is 0 Å². The molecule has 0 aliphatic carbocycles. The summed E-state index contributed by atoms with van der Waals surface area (Å²) in [7, 11) is 0. The van der Waals surface area contributed by atoms with Crippen LogP contribution >= 0.6 is 0 Å². The quantitative estimate of drug-likeness (QED) is 0.530. The maximum Gasteiger partial charge on any atom is 0.344 e. The highest BCUT2D eigenvalue weighted by Gasteiger charge is 2.23. The van der Waals surface area contributed by atoms with Gasteiger partial charge in [0.15, 0.2) is 0 Å². The Kier molecular flexibility index (Phi) is 5.41. The summed E-state index contributed by atoms with van der Waals surface area (Å²) in [6.45, 7) is 12.7. The van der Waals surface area contributed by atoms with E-state index in [1.807, 2.05) is 30.3 Å². The molecule has 0 aliphatic rings. The standard InChI is InChI=1S/C24H27NO3/c1-15-12-19(24(4,5)6)13-16(2)20(15)14-27-23(26)21-17(3)28-25-22(21)18-10-8-7-9-11-18/h7-13H,14H2,1-6H3. The number of hydrogen-bond donors (Lipinski definition) is 0. The number of ether oxygens (including phenoxy) is 1. The van der Waals surface area contributed by atoms with Crippen LogP contribution in [0.4, 0.5) is 0 Å². The lowest BCUT2D eigenvalue weighted by molar-refractivity contribution is 0.0470. The van der Waals surface area contributed by atoms with Crippen molar-refractivity contribution < 1.29 is 14.1 Å². The van der Waals surface area contributed by atoms with E-state index >= 15 is 0 Å². The van der Waals surface area contributed by atoms with Crippen LogP contribution < -0.4 is 0 Å². The Morgan fingerprint density at radius 2 is 1.64 bits per heavy atom. The molecule has 0 atom stereocenters. The van der Waals surface area contributed by atoms with E-state index in [4.69, 9.17) is 9.26 Å². The van der Waals surface area contributed by atoms with Crippen LogP contribution in [0.2, 0.25) is 0 Å². The Morgan fingerprint density at radius 1 is 1.04 bits per heavy atom. The minimum atomic E-state index is -0.420. The second kappa shape index (κ2) is 7.63. The first kappa shape index (κ1) is 19.9.